The fraction of sp³-hybridized carbons (Fsp3) is 0.727. The average molecular weight is 226 g/mol. The number of nitrogens with zero attached hydrogens (tertiary/aromatic N) is 1. The van der Waals surface area contributed by atoms with Crippen molar-refractivity contribution in [2.45, 2.75) is 32.2 Å². The van der Waals surface area contributed by atoms with Crippen LogP contribution in [0.3, 0.4) is 0 Å². The first-order chi connectivity index (χ1) is 7.25. The summed E-state index contributed by atoms with van der Waals surface area (Å²) in [6.07, 6.45) is 1.14. The van der Waals surface area contributed by atoms with Crippen molar-refractivity contribution in [2.75, 3.05) is 19.8 Å². The van der Waals surface area contributed by atoms with Gasteiger partial charge in [0.05, 0.1) is 11.6 Å². The molecule has 15 heavy (non-hydrogen) atoms. The second-order valence-corrected chi connectivity index (χ2v) is 5.09. The molecule has 0 spiro atoms. The Balaban J connectivity index is 1.79. The summed E-state index contributed by atoms with van der Waals surface area (Å²) in [6.45, 7) is 7.04. The first-order valence-electron chi connectivity index (χ1n) is 5.49. The van der Waals surface area contributed by atoms with E-state index in [2.05, 4.69) is 22.6 Å². The summed E-state index contributed by atoms with van der Waals surface area (Å²) in [7, 11) is 0. The Kier molecular flexibility index (Phi) is 3.72. The zero-order valence-corrected chi connectivity index (χ0v) is 10.1. The van der Waals surface area contributed by atoms with Gasteiger partial charge in [-0.05, 0) is 13.3 Å². The van der Waals surface area contributed by atoms with Crippen molar-refractivity contribution >= 4 is 11.3 Å². The summed E-state index contributed by atoms with van der Waals surface area (Å²) < 4.78 is 5.32. The van der Waals surface area contributed by atoms with E-state index in [1.54, 1.807) is 11.3 Å². The second kappa shape index (κ2) is 5.05. The summed E-state index contributed by atoms with van der Waals surface area (Å²) >= 11 is 1.76. The topological polar surface area (TPSA) is 34.1 Å². The Bertz CT molecular complexity index is 307. The predicted octanol–water partition coefficient (Wildman–Crippen LogP) is 1.93. The maximum absolute atomic E-state index is 5.32. The van der Waals surface area contributed by atoms with Gasteiger partial charge in [0.2, 0.25) is 0 Å². The predicted molar refractivity (Wildman–Crippen MR) is 62.5 cm³/mol. The first kappa shape index (κ1) is 11.0. The summed E-state index contributed by atoms with van der Waals surface area (Å²) in [6, 6.07) is 0.550. The largest absolute Gasteiger partial charge is 0.380 e. The van der Waals surface area contributed by atoms with E-state index in [0.29, 0.717) is 12.0 Å². The highest BCUT2D eigenvalue weighted by atomic mass is 32.1. The first-order valence-corrected chi connectivity index (χ1v) is 6.37. The Morgan fingerprint density at radius 2 is 2.60 bits per heavy atom. The Morgan fingerprint density at radius 1 is 1.73 bits per heavy atom. The van der Waals surface area contributed by atoms with Crippen LogP contribution in [-0.4, -0.2) is 30.8 Å². The molecule has 2 atom stereocenters. The number of thiazole rings is 1. The Hall–Kier alpha value is -0.450. The van der Waals surface area contributed by atoms with Crippen molar-refractivity contribution in [1.29, 1.82) is 0 Å². The molecule has 2 unspecified atom stereocenters. The Labute approximate surface area is 94.9 Å². The minimum absolute atomic E-state index is 0.504. The van der Waals surface area contributed by atoms with Gasteiger partial charge in [-0.2, -0.15) is 0 Å². The van der Waals surface area contributed by atoms with E-state index in [1.807, 2.05) is 6.92 Å². The average Bonchev–Trinajstić information content (AvgIpc) is 2.84. The highest BCUT2D eigenvalue weighted by molar-refractivity contribution is 7.09. The SMILES string of the molecule is Cc1csc(C(C)CNC2CCOC2)n1. The van der Waals surface area contributed by atoms with Crippen molar-refractivity contribution < 1.29 is 4.74 Å². The minimum Gasteiger partial charge on any atom is -0.380 e. The van der Waals surface area contributed by atoms with Gasteiger partial charge in [-0.1, -0.05) is 6.92 Å². The van der Waals surface area contributed by atoms with Crippen LogP contribution in [0.25, 0.3) is 0 Å². The molecule has 0 bridgehead atoms. The van der Waals surface area contributed by atoms with Gasteiger partial charge in [-0.3, -0.25) is 0 Å². The molecular formula is C11H18N2OS. The summed E-state index contributed by atoms with van der Waals surface area (Å²) in [5.74, 6) is 0.504. The monoisotopic (exact) mass is 226 g/mol. The normalized spacial score (nSPS) is 23.2. The highest BCUT2D eigenvalue weighted by Gasteiger charge is 2.17. The van der Waals surface area contributed by atoms with Gasteiger partial charge >= 0.3 is 0 Å². The lowest BCUT2D eigenvalue weighted by Gasteiger charge is -2.13. The lowest BCUT2D eigenvalue weighted by atomic mass is 10.1. The van der Waals surface area contributed by atoms with Gasteiger partial charge in [-0.15, -0.1) is 11.3 Å². The molecular weight excluding hydrogens is 208 g/mol. The van der Waals surface area contributed by atoms with Gasteiger partial charge in [-0.25, -0.2) is 4.98 Å². The van der Waals surface area contributed by atoms with Gasteiger partial charge in [0.1, 0.15) is 0 Å². The Morgan fingerprint density at radius 3 is 3.20 bits per heavy atom. The third-order valence-electron chi connectivity index (χ3n) is 2.70. The molecule has 1 N–H and O–H groups in total. The summed E-state index contributed by atoms with van der Waals surface area (Å²) in [5, 5.41) is 6.88. The number of hydrogen-bond donors (Lipinski definition) is 1. The van der Waals surface area contributed by atoms with Crippen LogP contribution >= 0.6 is 11.3 Å². The maximum Gasteiger partial charge on any atom is 0.0969 e. The molecule has 0 radical (unpaired) electrons. The van der Waals surface area contributed by atoms with Crippen LogP contribution in [0.2, 0.25) is 0 Å². The maximum atomic E-state index is 5.32. The molecule has 2 heterocycles. The second-order valence-electron chi connectivity index (χ2n) is 4.20. The van der Waals surface area contributed by atoms with Gasteiger partial charge in [0, 0.05) is 36.2 Å². The highest BCUT2D eigenvalue weighted by Crippen LogP contribution is 2.19. The van der Waals surface area contributed by atoms with Crippen molar-refractivity contribution in [2.24, 2.45) is 0 Å². The molecule has 0 amide bonds. The van der Waals surface area contributed by atoms with Crippen LogP contribution in [0.5, 0.6) is 0 Å². The molecule has 0 aliphatic carbocycles. The van der Waals surface area contributed by atoms with Crippen molar-refractivity contribution in [3.05, 3.63) is 16.1 Å². The lowest BCUT2D eigenvalue weighted by Crippen LogP contribution is -2.32. The quantitative estimate of drug-likeness (QED) is 0.852. The van der Waals surface area contributed by atoms with Crippen LogP contribution in [-0.2, 0) is 4.74 Å². The van der Waals surface area contributed by atoms with E-state index in [0.717, 1.165) is 31.9 Å². The van der Waals surface area contributed by atoms with E-state index in [-0.39, 0.29) is 0 Å². The zero-order valence-electron chi connectivity index (χ0n) is 9.32. The molecule has 1 saturated heterocycles. The van der Waals surface area contributed by atoms with E-state index in [9.17, 15) is 0 Å². The third kappa shape index (κ3) is 3.00. The van der Waals surface area contributed by atoms with Crippen molar-refractivity contribution in [1.82, 2.24) is 10.3 Å². The zero-order chi connectivity index (χ0) is 10.7. The number of nitrogens with one attached hydrogen (secondary N) is 1. The number of aryl methyl sites for hydroxylation is 1. The van der Waals surface area contributed by atoms with Gasteiger partial charge in [0.25, 0.3) is 0 Å². The molecule has 3 nitrogen and oxygen atoms in total. The molecule has 84 valence electrons. The number of aromatic nitrogens is 1. The number of ether oxygens (including phenoxy) is 1. The number of rotatable bonds is 4. The standard InChI is InChI=1S/C11H18N2OS/c1-8(11-13-9(2)7-15-11)5-12-10-3-4-14-6-10/h7-8,10,12H,3-6H2,1-2H3. The van der Waals surface area contributed by atoms with E-state index in [1.165, 1.54) is 5.01 Å². The van der Waals surface area contributed by atoms with E-state index in [4.69, 9.17) is 4.74 Å². The van der Waals surface area contributed by atoms with Gasteiger partial charge in [0.15, 0.2) is 0 Å². The van der Waals surface area contributed by atoms with E-state index < -0.39 is 0 Å². The third-order valence-corrected chi connectivity index (χ3v) is 3.89. The lowest BCUT2D eigenvalue weighted by molar-refractivity contribution is 0.190. The van der Waals surface area contributed by atoms with Crippen LogP contribution in [0.4, 0.5) is 0 Å². The molecule has 2 rings (SSSR count). The molecule has 4 heteroatoms. The molecule has 1 aliphatic heterocycles. The minimum atomic E-state index is 0.504. The van der Waals surface area contributed by atoms with Gasteiger partial charge < -0.3 is 10.1 Å². The molecule has 1 fully saturated rings. The smallest absolute Gasteiger partial charge is 0.0969 e. The molecule has 1 aliphatic rings. The summed E-state index contributed by atoms with van der Waals surface area (Å²) in [4.78, 5) is 4.50. The summed E-state index contributed by atoms with van der Waals surface area (Å²) in [5.41, 5.74) is 1.13. The van der Waals surface area contributed by atoms with Crippen LogP contribution in [0.1, 0.15) is 30.0 Å². The van der Waals surface area contributed by atoms with Crippen LogP contribution in [0.15, 0.2) is 5.38 Å². The fourth-order valence-corrected chi connectivity index (χ4v) is 2.58. The molecule has 0 aromatic carbocycles. The van der Waals surface area contributed by atoms with Crippen LogP contribution < -0.4 is 5.32 Å². The fourth-order valence-electron chi connectivity index (χ4n) is 1.72. The number of hydrogen-bond acceptors (Lipinski definition) is 4. The van der Waals surface area contributed by atoms with Crippen molar-refractivity contribution in [3.8, 4) is 0 Å². The molecule has 0 saturated carbocycles. The van der Waals surface area contributed by atoms with E-state index >= 15 is 0 Å². The molecule has 1 aromatic heterocycles. The van der Waals surface area contributed by atoms with Crippen LogP contribution in [0, 0.1) is 6.92 Å². The van der Waals surface area contributed by atoms with Crippen molar-refractivity contribution in [3.63, 3.8) is 0 Å². The molecule has 1 aromatic rings.